The van der Waals surface area contributed by atoms with E-state index in [0.29, 0.717) is 11.9 Å². The fourth-order valence-corrected chi connectivity index (χ4v) is 2.19. The van der Waals surface area contributed by atoms with E-state index < -0.39 is 40.6 Å². The van der Waals surface area contributed by atoms with E-state index in [0.717, 1.165) is 11.1 Å². The van der Waals surface area contributed by atoms with Crippen LogP contribution in [0.3, 0.4) is 0 Å². The molecule has 2 N–H and O–H groups in total. The van der Waals surface area contributed by atoms with Crippen molar-refractivity contribution in [3.8, 4) is 0 Å². The number of amides is 2. The molecule has 11 heteroatoms. The maximum atomic E-state index is 13.8. The number of urea groups is 1. The minimum absolute atomic E-state index is 0.390. The molecule has 2 aromatic rings. The second kappa shape index (κ2) is 8.19. The fourth-order valence-electron chi connectivity index (χ4n) is 2.19. The third-order valence-corrected chi connectivity index (χ3v) is 3.50. The van der Waals surface area contributed by atoms with Crippen LogP contribution in [-0.2, 0) is 0 Å². The van der Waals surface area contributed by atoms with E-state index in [2.05, 4.69) is 20.4 Å². The Morgan fingerprint density at radius 2 is 1.63 bits per heavy atom. The van der Waals surface area contributed by atoms with Crippen molar-refractivity contribution in [3.05, 3.63) is 68.6 Å². The molecule has 0 aromatic heterocycles. The van der Waals surface area contributed by atoms with Crippen molar-refractivity contribution in [1.82, 2.24) is 5.43 Å². The number of hydrogen-bond acceptors (Lipinski definition) is 3. The van der Waals surface area contributed by atoms with Gasteiger partial charge in [-0.15, -0.1) is 0 Å². The molecule has 7 nitrogen and oxygen atoms in total. The molecule has 0 aliphatic carbocycles. The molecule has 0 heterocycles. The summed E-state index contributed by atoms with van der Waals surface area (Å²) in [6.45, 7) is 3.51. The second-order valence-electron chi connectivity index (χ2n) is 5.30. The molecule has 2 aromatic carbocycles. The Morgan fingerprint density at radius 3 is 2.15 bits per heavy atom. The monoisotopic (exact) mass is 380 g/mol. The summed E-state index contributed by atoms with van der Waals surface area (Å²) in [6, 6.07) is 4.47. The zero-order valence-electron chi connectivity index (χ0n) is 14.0. The number of azide groups is 1. The van der Waals surface area contributed by atoms with Gasteiger partial charge in [0.25, 0.3) is 0 Å². The zero-order chi connectivity index (χ0) is 20.1. The second-order valence-corrected chi connectivity index (χ2v) is 5.30. The Morgan fingerprint density at radius 1 is 1.07 bits per heavy atom. The van der Waals surface area contributed by atoms with E-state index in [1.165, 1.54) is 0 Å². The number of anilines is 1. The molecule has 0 aliphatic rings. The summed E-state index contributed by atoms with van der Waals surface area (Å²) in [5.41, 5.74) is 9.53. The normalized spacial score (nSPS) is 10.6. The first-order valence-electron chi connectivity index (χ1n) is 7.35. The first kappa shape index (κ1) is 19.7. The summed E-state index contributed by atoms with van der Waals surface area (Å²) < 4.78 is 54.9. The van der Waals surface area contributed by atoms with Crippen LogP contribution in [0.15, 0.2) is 28.4 Å². The quantitative estimate of drug-likeness (QED) is 0.146. The Bertz CT molecular complexity index is 936. The fraction of sp³-hybridized carbons (Fsp3) is 0.125. The lowest BCUT2D eigenvalue weighted by atomic mass is 10.1. The topological polar surface area (TPSA) is 102 Å². The number of carbonyl (C=O) groups excluding carboxylic acids is 1. The predicted octanol–water partition coefficient (Wildman–Crippen LogP) is 4.96. The highest BCUT2D eigenvalue weighted by molar-refractivity contribution is 5.92. The average Bonchev–Trinajstić information content (AvgIpc) is 2.63. The molecule has 2 amide bonds. The van der Waals surface area contributed by atoms with Gasteiger partial charge in [-0.05, 0) is 30.5 Å². The molecule has 27 heavy (non-hydrogen) atoms. The van der Waals surface area contributed by atoms with Crippen molar-refractivity contribution in [1.29, 1.82) is 0 Å². The van der Waals surface area contributed by atoms with Gasteiger partial charge in [0.1, 0.15) is 5.69 Å². The summed E-state index contributed by atoms with van der Waals surface area (Å²) in [5.74, 6) is -7.41. The Labute approximate surface area is 150 Å². The largest absolute Gasteiger partial charge is 0.339 e. The predicted molar refractivity (Wildman–Crippen MR) is 90.7 cm³/mol. The highest BCUT2D eigenvalue weighted by Gasteiger charge is 2.23. The van der Waals surface area contributed by atoms with E-state index in [9.17, 15) is 22.4 Å². The lowest BCUT2D eigenvalue weighted by Gasteiger charge is -2.10. The first-order chi connectivity index (χ1) is 12.8. The highest BCUT2D eigenvalue weighted by atomic mass is 19.2. The van der Waals surface area contributed by atoms with E-state index in [4.69, 9.17) is 5.53 Å². The molecule has 2 rings (SSSR count). The summed E-state index contributed by atoms with van der Waals surface area (Å²) in [6.07, 6.45) is 0.390. The molecule has 140 valence electrons. The van der Waals surface area contributed by atoms with Crippen molar-refractivity contribution in [3.63, 3.8) is 0 Å². The third kappa shape index (κ3) is 4.15. The lowest BCUT2D eigenvalue weighted by molar-refractivity contribution is 0.252. The van der Waals surface area contributed by atoms with Crippen LogP contribution in [0.5, 0.6) is 0 Å². The van der Waals surface area contributed by atoms with Gasteiger partial charge in [-0.2, -0.15) is 5.10 Å². The van der Waals surface area contributed by atoms with Crippen LogP contribution >= 0.6 is 0 Å². The number of rotatable bonds is 4. The minimum Gasteiger partial charge on any atom is -0.306 e. The molecule has 0 spiro atoms. The van der Waals surface area contributed by atoms with Gasteiger partial charge in [-0.25, -0.2) is 27.8 Å². The van der Waals surface area contributed by atoms with Gasteiger partial charge in [-0.3, -0.25) is 0 Å². The number of para-hydroxylation sites is 1. The lowest BCUT2D eigenvalue weighted by Crippen LogP contribution is -2.25. The van der Waals surface area contributed by atoms with Crippen LogP contribution in [0.4, 0.5) is 33.7 Å². The van der Waals surface area contributed by atoms with Gasteiger partial charge < -0.3 is 5.32 Å². The summed E-state index contributed by atoms with van der Waals surface area (Å²) in [4.78, 5) is 13.9. The number of nitrogens with zero attached hydrogens (tertiary/aromatic N) is 4. The number of hydrazone groups is 1. The van der Waals surface area contributed by atoms with Crippen LogP contribution in [-0.4, -0.2) is 12.2 Å². The van der Waals surface area contributed by atoms with Crippen molar-refractivity contribution >= 4 is 23.6 Å². The molecule has 0 saturated carbocycles. The minimum atomic E-state index is -1.88. The van der Waals surface area contributed by atoms with E-state index in [1.54, 1.807) is 32.0 Å². The van der Waals surface area contributed by atoms with E-state index in [-0.39, 0.29) is 0 Å². The maximum absolute atomic E-state index is 13.8. The standard InChI is InChI=1S/C16H12F4N6O/c1-7-4-3-5-8(2)14(7)23-16(27)25-22-6-9-10(17)12(19)15(24-26-21)13(20)11(9)18/h3-6H,1-2H3,(H2,23,25,27)/b22-6+. The van der Waals surface area contributed by atoms with Gasteiger partial charge in [0.05, 0.1) is 11.8 Å². The molecule has 0 fully saturated rings. The first-order valence-corrected chi connectivity index (χ1v) is 7.35. The van der Waals surface area contributed by atoms with E-state index in [1.807, 2.05) is 5.43 Å². The van der Waals surface area contributed by atoms with Crippen LogP contribution in [0.1, 0.15) is 16.7 Å². The van der Waals surface area contributed by atoms with Gasteiger partial charge in [0.2, 0.25) is 0 Å². The Hall–Kier alpha value is -3.59. The van der Waals surface area contributed by atoms with Crippen LogP contribution < -0.4 is 10.7 Å². The van der Waals surface area contributed by atoms with Gasteiger partial charge in [0, 0.05) is 10.6 Å². The van der Waals surface area contributed by atoms with Gasteiger partial charge in [0.15, 0.2) is 23.3 Å². The van der Waals surface area contributed by atoms with Crippen molar-refractivity contribution < 1.29 is 22.4 Å². The zero-order valence-corrected chi connectivity index (χ0v) is 14.0. The molecule has 0 radical (unpaired) electrons. The number of benzene rings is 2. The van der Waals surface area contributed by atoms with Crippen molar-refractivity contribution in [2.24, 2.45) is 10.2 Å². The number of carbonyl (C=O) groups is 1. The number of aryl methyl sites for hydroxylation is 2. The summed E-state index contributed by atoms with van der Waals surface area (Å²) >= 11 is 0. The number of nitrogens with one attached hydrogen (secondary N) is 2. The molecule has 0 atom stereocenters. The maximum Gasteiger partial charge on any atom is 0.339 e. The van der Waals surface area contributed by atoms with Crippen LogP contribution in [0, 0.1) is 37.1 Å². The number of halogens is 4. The molecule has 0 unspecified atom stereocenters. The van der Waals surface area contributed by atoms with Crippen LogP contribution in [0.2, 0.25) is 0 Å². The molecule has 0 bridgehead atoms. The molecule has 0 saturated heterocycles. The van der Waals surface area contributed by atoms with Crippen LogP contribution in [0.25, 0.3) is 10.4 Å². The molecular weight excluding hydrogens is 368 g/mol. The van der Waals surface area contributed by atoms with Crippen molar-refractivity contribution in [2.75, 3.05) is 5.32 Å². The molecule has 0 aliphatic heterocycles. The Balaban J connectivity index is 2.21. The summed E-state index contributed by atoms with van der Waals surface area (Å²) in [5, 5.41) is 8.33. The average molecular weight is 380 g/mol. The van der Waals surface area contributed by atoms with Crippen molar-refractivity contribution in [2.45, 2.75) is 13.8 Å². The van der Waals surface area contributed by atoms with Gasteiger partial charge >= 0.3 is 6.03 Å². The Kier molecular flexibility index (Phi) is 5.99. The molecular formula is C16H12F4N6O. The SMILES string of the molecule is Cc1cccc(C)c1NC(=O)N/N=C/c1c(F)c(F)c(N=[N+]=[N-])c(F)c1F. The number of hydrogen-bond donors (Lipinski definition) is 2. The third-order valence-electron chi connectivity index (χ3n) is 3.50. The van der Waals surface area contributed by atoms with Gasteiger partial charge in [-0.1, -0.05) is 23.3 Å². The smallest absolute Gasteiger partial charge is 0.306 e. The summed E-state index contributed by atoms with van der Waals surface area (Å²) in [7, 11) is 0. The highest BCUT2D eigenvalue weighted by Crippen LogP contribution is 2.29. The van der Waals surface area contributed by atoms with E-state index >= 15 is 0 Å².